The minimum Gasteiger partial charge on any atom is -0.493 e. The van der Waals surface area contributed by atoms with Crippen molar-refractivity contribution in [2.45, 2.75) is 25.2 Å². The Morgan fingerprint density at radius 3 is 2.43 bits per heavy atom. The number of ether oxygens (including phenoxy) is 1. The molecule has 2 aromatic rings. The summed E-state index contributed by atoms with van der Waals surface area (Å²) in [4.78, 5) is 13.0. The van der Waals surface area contributed by atoms with E-state index in [9.17, 15) is 4.79 Å². The number of para-hydroxylation sites is 1. The number of nitrogens with two attached hydrogens (primary N) is 1. The molecule has 0 heterocycles. The third-order valence-electron chi connectivity index (χ3n) is 4.08. The predicted octanol–water partition coefficient (Wildman–Crippen LogP) is 3.58. The molecular weight excluding hydrogens is 262 g/mol. The molecule has 2 aromatic carbocycles. The predicted molar refractivity (Wildman–Crippen MR) is 83.7 cm³/mol. The van der Waals surface area contributed by atoms with Gasteiger partial charge >= 0.3 is 0 Å². The topological polar surface area (TPSA) is 52.3 Å². The average molecular weight is 281 g/mol. The number of nitrogen functional groups attached to an aromatic ring is 1. The Hall–Kier alpha value is -2.29. The van der Waals surface area contributed by atoms with Gasteiger partial charge in [0.15, 0.2) is 5.78 Å². The molecule has 3 rings (SSSR count). The molecule has 1 saturated carbocycles. The molecule has 0 aliphatic heterocycles. The van der Waals surface area contributed by atoms with E-state index in [1.54, 1.807) is 0 Å². The maximum atomic E-state index is 13.0. The fraction of sp³-hybridized carbons (Fsp3) is 0.278. The molecule has 0 saturated heterocycles. The Bertz CT molecular complexity index is 657. The lowest BCUT2D eigenvalue weighted by atomic mass is 9.87. The van der Waals surface area contributed by atoms with E-state index in [0.717, 1.165) is 24.1 Å². The SMILES string of the molecule is CCOc1ccccc1C(=O)C1(c2ccc(N)cc2)CC1. The van der Waals surface area contributed by atoms with Crippen molar-refractivity contribution in [3.8, 4) is 5.75 Å². The summed E-state index contributed by atoms with van der Waals surface area (Å²) in [7, 11) is 0. The first-order valence-corrected chi connectivity index (χ1v) is 7.30. The van der Waals surface area contributed by atoms with Gasteiger partial charge in [-0.05, 0) is 49.6 Å². The van der Waals surface area contributed by atoms with Crippen molar-refractivity contribution in [1.29, 1.82) is 0 Å². The van der Waals surface area contributed by atoms with E-state index >= 15 is 0 Å². The molecule has 108 valence electrons. The summed E-state index contributed by atoms with van der Waals surface area (Å²) in [5.41, 5.74) is 7.79. The van der Waals surface area contributed by atoms with Gasteiger partial charge in [-0.2, -0.15) is 0 Å². The van der Waals surface area contributed by atoms with Crippen LogP contribution in [0.1, 0.15) is 35.7 Å². The highest BCUT2D eigenvalue weighted by Crippen LogP contribution is 2.51. The zero-order valence-corrected chi connectivity index (χ0v) is 12.1. The maximum Gasteiger partial charge on any atom is 0.177 e. The number of carbonyl (C=O) groups is 1. The fourth-order valence-electron chi connectivity index (χ4n) is 2.77. The highest BCUT2D eigenvalue weighted by atomic mass is 16.5. The maximum absolute atomic E-state index is 13.0. The molecule has 3 nitrogen and oxygen atoms in total. The second kappa shape index (κ2) is 5.24. The van der Waals surface area contributed by atoms with Crippen LogP contribution >= 0.6 is 0 Å². The van der Waals surface area contributed by atoms with E-state index in [2.05, 4.69) is 0 Å². The van der Waals surface area contributed by atoms with Crippen LogP contribution in [0.3, 0.4) is 0 Å². The van der Waals surface area contributed by atoms with Crippen molar-refractivity contribution < 1.29 is 9.53 Å². The van der Waals surface area contributed by atoms with Crippen molar-refractivity contribution in [3.63, 3.8) is 0 Å². The minimum absolute atomic E-state index is 0.149. The van der Waals surface area contributed by atoms with E-state index in [1.807, 2.05) is 55.5 Å². The zero-order valence-electron chi connectivity index (χ0n) is 12.1. The molecular formula is C18H19NO2. The molecule has 0 amide bonds. The van der Waals surface area contributed by atoms with Crippen LogP contribution in [-0.2, 0) is 5.41 Å². The van der Waals surface area contributed by atoms with E-state index in [0.29, 0.717) is 17.9 Å². The molecule has 0 bridgehead atoms. The van der Waals surface area contributed by atoms with E-state index in [4.69, 9.17) is 10.5 Å². The van der Waals surface area contributed by atoms with Crippen LogP contribution in [0, 0.1) is 0 Å². The van der Waals surface area contributed by atoms with Gasteiger partial charge < -0.3 is 10.5 Å². The Kier molecular flexibility index (Phi) is 3.42. The molecule has 0 unspecified atom stereocenters. The van der Waals surface area contributed by atoms with Crippen molar-refractivity contribution in [2.75, 3.05) is 12.3 Å². The van der Waals surface area contributed by atoms with Gasteiger partial charge in [0.2, 0.25) is 0 Å². The number of carbonyl (C=O) groups excluding carboxylic acids is 1. The van der Waals surface area contributed by atoms with Crippen molar-refractivity contribution >= 4 is 11.5 Å². The molecule has 0 radical (unpaired) electrons. The molecule has 1 aliphatic rings. The van der Waals surface area contributed by atoms with Crippen molar-refractivity contribution in [2.24, 2.45) is 0 Å². The summed E-state index contributed by atoms with van der Waals surface area (Å²) in [6, 6.07) is 15.1. The summed E-state index contributed by atoms with van der Waals surface area (Å²) in [6.07, 6.45) is 1.77. The summed E-state index contributed by atoms with van der Waals surface area (Å²) < 4.78 is 5.60. The first-order chi connectivity index (χ1) is 10.2. The van der Waals surface area contributed by atoms with Gasteiger partial charge in [-0.3, -0.25) is 4.79 Å². The van der Waals surface area contributed by atoms with Gasteiger partial charge in [-0.15, -0.1) is 0 Å². The van der Waals surface area contributed by atoms with Crippen molar-refractivity contribution in [1.82, 2.24) is 0 Å². The molecule has 1 fully saturated rings. The second-order valence-electron chi connectivity index (χ2n) is 5.46. The lowest BCUT2D eigenvalue weighted by Crippen LogP contribution is -2.21. The number of benzene rings is 2. The Morgan fingerprint density at radius 2 is 1.81 bits per heavy atom. The Labute approximate surface area is 124 Å². The Morgan fingerprint density at radius 1 is 1.14 bits per heavy atom. The van der Waals surface area contributed by atoms with Crippen LogP contribution in [0.25, 0.3) is 0 Å². The molecule has 3 heteroatoms. The highest BCUT2D eigenvalue weighted by molar-refractivity contribution is 6.08. The van der Waals surface area contributed by atoms with Crippen LogP contribution in [0.5, 0.6) is 5.75 Å². The quantitative estimate of drug-likeness (QED) is 0.673. The van der Waals surface area contributed by atoms with Crippen LogP contribution in [-0.4, -0.2) is 12.4 Å². The summed E-state index contributed by atoms with van der Waals surface area (Å²) >= 11 is 0. The van der Waals surface area contributed by atoms with E-state index < -0.39 is 0 Å². The first kappa shape index (κ1) is 13.7. The monoisotopic (exact) mass is 281 g/mol. The van der Waals surface area contributed by atoms with Crippen LogP contribution in [0.4, 0.5) is 5.69 Å². The fourth-order valence-corrected chi connectivity index (χ4v) is 2.77. The third kappa shape index (κ3) is 2.40. The normalized spacial score (nSPS) is 15.5. The third-order valence-corrected chi connectivity index (χ3v) is 4.08. The van der Waals surface area contributed by atoms with Gasteiger partial charge in [-0.1, -0.05) is 24.3 Å². The van der Waals surface area contributed by atoms with Crippen LogP contribution < -0.4 is 10.5 Å². The first-order valence-electron chi connectivity index (χ1n) is 7.30. The minimum atomic E-state index is -0.388. The lowest BCUT2D eigenvalue weighted by molar-refractivity contribution is 0.0942. The van der Waals surface area contributed by atoms with Gasteiger partial charge in [0.1, 0.15) is 5.75 Å². The van der Waals surface area contributed by atoms with E-state index in [1.165, 1.54) is 0 Å². The molecule has 0 aromatic heterocycles. The van der Waals surface area contributed by atoms with Crippen LogP contribution in [0.2, 0.25) is 0 Å². The van der Waals surface area contributed by atoms with E-state index in [-0.39, 0.29) is 11.2 Å². The molecule has 0 atom stereocenters. The molecule has 21 heavy (non-hydrogen) atoms. The lowest BCUT2D eigenvalue weighted by Gasteiger charge is -2.17. The molecule has 0 spiro atoms. The number of hydrogen-bond acceptors (Lipinski definition) is 3. The number of ketones is 1. The largest absolute Gasteiger partial charge is 0.493 e. The summed E-state index contributed by atoms with van der Waals surface area (Å²) in [5, 5.41) is 0. The standard InChI is InChI=1S/C18H19NO2/c1-2-21-16-6-4-3-5-15(16)17(20)18(11-12-18)13-7-9-14(19)10-8-13/h3-10H,2,11-12,19H2,1H3. The van der Waals surface area contributed by atoms with Crippen LogP contribution in [0.15, 0.2) is 48.5 Å². The van der Waals surface area contributed by atoms with Gasteiger partial charge in [-0.25, -0.2) is 0 Å². The molecule has 1 aliphatic carbocycles. The van der Waals surface area contributed by atoms with Gasteiger partial charge in [0.05, 0.1) is 17.6 Å². The van der Waals surface area contributed by atoms with Crippen molar-refractivity contribution in [3.05, 3.63) is 59.7 Å². The zero-order chi connectivity index (χ0) is 14.9. The smallest absolute Gasteiger partial charge is 0.177 e. The highest BCUT2D eigenvalue weighted by Gasteiger charge is 2.51. The number of Topliss-reactive ketones (excluding diaryl/α,β-unsaturated/α-hetero) is 1. The summed E-state index contributed by atoms with van der Waals surface area (Å²) in [5.74, 6) is 0.822. The van der Waals surface area contributed by atoms with Gasteiger partial charge in [0, 0.05) is 5.69 Å². The molecule has 2 N–H and O–H groups in total. The number of anilines is 1. The summed E-state index contributed by atoms with van der Waals surface area (Å²) in [6.45, 7) is 2.48. The number of rotatable bonds is 5. The number of hydrogen-bond donors (Lipinski definition) is 1. The average Bonchev–Trinajstić information content (AvgIpc) is 3.30. The Balaban J connectivity index is 1.97. The second-order valence-corrected chi connectivity index (χ2v) is 5.46. The van der Waals surface area contributed by atoms with Gasteiger partial charge in [0.25, 0.3) is 0 Å².